The van der Waals surface area contributed by atoms with Gasteiger partial charge in [0.2, 0.25) is 0 Å². The lowest BCUT2D eigenvalue weighted by Gasteiger charge is -2.16. The molecule has 1 N–H and O–H groups in total. The molecule has 0 aliphatic carbocycles. The molecule has 2 aromatic heterocycles. The van der Waals surface area contributed by atoms with Crippen LogP contribution in [0.25, 0.3) is 0 Å². The third kappa shape index (κ3) is 2.89. The zero-order chi connectivity index (χ0) is 13.8. The molecule has 0 amide bonds. The van der Waals surface area contributed by atoms with E-state index in [2.05, 4.69) is 41.1 Å². The van der Waals surface area contributed by atoms with Crippen LogP contribution in [0.1, 0.15) is 42.6 Å². The van der Waals surface area contributed by atoms with Crippen LogP contribution in [0.5, 0.6) is 0 Å². The maximum Gasteiger partial charge on any atom is 0.108 e. The van der Waals surface area contributed by atoms with E-state index in [1.807, 2.05) is 14.0 Å². The summed E-state index contributed by atoms with van der Waals surface area (Å²) in [7, 11) is 2.00. The first-order valence-electron chi connectivity index (χ1n) is 6.96. The molecule has 4 heteroatoms. The molecular weight excluding hydrogens is 238 g/mol. The number of likely N-dealkylation sites (N-methyl/N-ethyl adjacent to an activating group) is 1. The van der Waals surface area contributed by atoms with Crippen molar-refractivity contribution in [3.8, 4) is 0 Å². The fraction of sp³-hybridized carbons (Fsp3) is 0.533. The number of furan rings is 1. The van der Waals surface area contributed by atoms with Crippen LogP contribution in [0, 0.1) is 6.92 Å². The molecule has 0 saturated heterocycles. The van der Waals surface area contributed by atoms with Crippen LogP contribution in [-0.2, 0) is 19.4 Å². The maximum atomic E-state index is 5.53. The van der Waals surface area contributed by atoms with Gasteiger partial charge in [-0.3, -0.25) is 4.68 Å². The van der Waals surface area contributed by atoms with Gasteiger partial charge >= 0.3 is 0 Å². The molecule has 0 radical (unpaired) electrons. The number of nitrogens with one attached hydrogen (secondary N) is 1. The second-order valence-corrected chi connectivity index (χ2v) is 4.79. The highest BCUT2D eigenvalue weighted by atomic mass is 16.3. The molecule has 1 atom stereocenters. The molecule has 2 rings (SSSR count). The highest BCUT2D eigenvalue weighted by molar-refractivity contribution is 5.24. The first kappa shape index (κ1) is 13.9. The van der Waals surface area contributed by atoms with Crippen molar-refractivity contribution in [1.82, 2.24) is 15.1 Å². The summed E-state index contributed by atoms with van der Waals surface area (Å²) in [6.45, 7) is 7.19. The first-order valence-corrected chi connectivity index (χ1v) is 6.96. The Bertz CT molecular complexity index is 527. The fourth-order valence-electron chi connectivity index (χ4n) is 2.56. The fourth-order valence-corrected chi connectivity index (χ4v) is 2.56. The Morgan fingerprint density at radius 2 is 2.21 bits per heavy atom. The van der Waals surface area contributed by atoms with Crippen LogP contribution in [0.4, 0.5) is 0 Å². The Labute approximate surface area is 114 Å². The monoisotopic (exact) mass is 261 g/mol. The van der Waals surface area contributed by atoms with E-state index in [0.717, 1.165) is 30.8 Å². The van der Waals surface area contributed by atoms with E-state index in [0.29, 0.717) is 0 Å². The summed E-state index contributed by atoms with van der Waals surface area (Å²) in [6, 6.07) is 4.51. The standard InChI is InChI=1S/C15H23N3O/c1-5-15-13(7-8-19-15)14(16-4)10-12-9-11(3)17-18(12)6-2/h7-9,14,16H,5-6,10H2,1-4H3. The molecule has 2 heterocycles. The lowest BCUT2D eigenvalue weighted by Crippen LogP contribution is -2.21. The number of hydrogen-bond donors (Lipinski definition) is 1. The van der Waals surface area contributed by atoms with Gasteiger partial charge in [0.25, 0.3) is 0 Å². The third-order valence-corrected chi connectivity index (χ3v) is 3.52. The van der Waals surface area contributed by atoms with Crippen LogP contribution in [0.2, 0.25) is 0 Å². The predicted molar refractivity (Wildman–Crippen MR) is 76.2 cm³/mol. The Morgan fingerprint density at radius 1 is 1.42 bits per heavy atom. The minimum Gasteiger partial charge on any atom is -0.469 e. The van der Waals surface area contributed by atoms with E-state index in [-0.39, 0.29) is 6.04 Å². The topological polar surface area (TPSA) is 43.0 Å². The summed E-state index contributed by atoms with van der Waals surface area (Å²) in [4.78, 5) is 0. The van der Waals surface area contributed by atoms with Crippen molar-refractivity contribution in [3.05, 3.63) is 41.1 Å². The molecule has 0 spiro atoms. The number of rotatable bonds is 6. The Kier molecular flexibility index (Phi) is 4.43. The molecule has 4 nitrogen and oxygen atoms in total. The maximum absolute atomic E-state index is 5.53. The van der Waals surface area contributed by atoms with Crippen molar-refractivity contribution in [2.24, 2.45) is 0 Å². The summed E-state index contributed by atoms with van der Waals surface area (Å²) in [5, 5.41) is 7.89. The molecule has 0 aliphatic heterocycles. The van der Waals surface area contributed by atoms with Gasteiger partial charge in [-0.05, 0) is 33.0 Å². The normalized spacial score (nSPS) is 12.8. The summed E-state index contributed by atoms with van der Waals surface area (Å²) >= 11 is 0. The molecule has 0 fully saturated rings. The quantitative estimate of drug-likeness (QED) is 0.869. The van der Waals surface area contributed by atoms with Crippen molar-refractivity contribution in [2.75, 3.05) is 7.05 Å². The van der Waals surface area contributed by atoms with Gasteiger partial charge in [-0.25, -0.2) is 0 Å². The van der Waals surface area contributed by atoms with Crippen LogP contribution in [0.15, 0.2) is 22.8 Å². The van der Waals surface area contributed by atoms with Gasteiger partial charge in [0.05, 0.1) is 12.0 Å². The third-order valence-electron chi connectivity index (χ3n) is 3.52. The summed E-state index contributed by atoms with van der Waals surface area (Å²) in [6.07, 6.45) is 3.63. The van der Waals surface area contributed by atoms with Gasteiger partial charge in [-0.15, -0.1) is 0 Å². The van der Waals surface area contributed by atoms with Gasteiger partial charge in [-0.2, -0.15) is 5.10 Å². The van der Waals surface area contributed by atoms with E-state index in [1.54, 1.807) is 6.26 Å². The SMILES string of the molecule is CCc1occc1C(Cc1cc(C)nn1CC)NC. The molecule has 104 valence electrons. The number of nitrogens with zero attached hydrogens (tertiary/aromatic N) is 2. The van der Waals surface area contributed by atoms with Crippen molar-refractivity contribution in [3.63, 3.8) is 0 Å². The number of aromatic nitrogens is 2. The Hall–Kier alpha value is -1.55. The molecule has 0 saturated carbocycles. The van der Waals surface area contributed by atoms with Gasteiger partial charge in [0.15, 0.2) is 0 Å². The summed E-state index contributed by atoms with van der Waals surface area (Å²) < 4.78 is 7.61. The Balaban J connectivity index is 2.23. The van der Waals surface area contributed by atoms with E-state index in [1.165, 1.54) is 11.3 Å². The van der Waals surface area contributed by atoms with Crippen molar-refractivity contribution in [1.29, 1.82) is 0 Å². The summed E-state index contributed by atoms with van der Waals surface area (Å²) in [5.41, 5.74) is 3.60. The minimum atomic E-state index is 0.273. The van der Waals surface area contributed by atoms with Crippen LogP contribution >= 0.6 is 0 Å². The van der Waals surface area contributed by atoms with Crippen LogP contribution < -0.4 is 5.32 Å². The van der Waals surface area contributed by atoms with E-state index >= 15 is 0 Å². The van der Waals surface area contributed by atoms with Crippen LogP contribution in [0.3, 0.4) is 0 Å². The van der Waals surface area contributed by atoms with E-state index in [9.17, 15) is 0 Å². The number of hydrogen-bond acceptors (Lipinski definition) is 3. The second kappa shape index (κ2) is 6.06. The summed E-state index contributed by atoms with van der Waals surface area (Å²) in [5.74, 6) is 1.07. The van der Waals surface area contributed by atoms with E-state index < -0.39 is 0 Å². The average molecular weight is 261 g/mol. The van der Waals surface area contributed by atoms with Gasteiger partial charge in [0.1, 0.15) is 5.76 Å². The van der Waals surface area contributed by atoms with Crippen molar-refractivity contribution in [2.45, 2.75) is 46.2 Å². The molecule has 19 heavy (non-hydrogen) atoms. The molecule has 2 aromatic rings. The molecule has 0 aliphatic rings. The van der Waals surface area contributed by atoms with Crippen LogP contribution in [-0.4, -0.2) is 16.8 Å². The number of aryl methyl sites for hydroxylation is 3. The molecule has 1 unspecified atom stereocenters. The zero-order valence-corrected chi connectivity index (χ0v) is 12.2. The van der Waals surface area contributed by atoms with Gasteiger partial charge in [0, 0.05) is 36.7 Å². The Morgan fingerprint density at radius 3 is 2.84 bits per heavy atom. The second-order valence-electron chi connectivity index (χ2n) is 4.79. The van der Waals surface area contributed by atoms with Gasteiger partial charge < -0.3 is 9.73 Å². The average Bonchev–Trinajstić information content (AvgIpc) is 3.01. The highest BCUT2D eigenvalue weighted by Gasteiger charge is 2.18. The van der Waals surface area contributed by atoms with Gasteiger partial charge in [-0.1, -0.05) is 6.92 Å². The van der Waals surface area contributed by atoms with Crippen molar-refractivity contribution < 1.29 is 4.42 Å². The lowest BCUT2D eigenvalue weighted by molar-refractivity contribution is 0.488. The van der Waals surface area contributed by atoms with E-state index in [4.69, 9.17) is 4.42 Å². The highest BCUT2D eigenvalue weighted by Crippen LogP contribution is 2.23. The largest absolute Gasteiger partial charge is 0.469 e. The zero-order valence-electron chi connectivity index (χ0n) is 12.2. The molecular formula is C15H23N3O. The smallest absolute Gasteiger partial charge is 0.108 e. The van der Waals surface area contributed by atoms with Crippen molar-refractivity contribution >= 4 is 0 Å². The molecule has 0 bridgehead atoms. The molecule has 0 aromatic carbocycles. The predicted octanol–water partition coefficient (Wildman–Crippen LogP) is 2.87. The minimum absolute atomic E-state index is 0.273. The first-order chi connectivity index (χ1) is 9.19. The lowest BCUT2D eigenvalue weighted by atomic mass is 10.0.